The van der Waals surface area contributed by atoms with Crippen LogP contribution in [0.4, 0.5) is 0 Å². The predicted octanol–water partition coefficient (Wildman–Crippen LogP) is 3.07. The summed E-state index contributed by atoms with van der Waals surface area (Å²) in [4.78, 5) is 14.9. The highest BCUT2D eigenvalue weighted by Gasteiger charge is 2.35. The van der Waals surface area contributed by atoms with Crippen LogP contribution in [0.25, 0.3) is 0 Å². The Kier molecular flexibility index (Phi) is 7.00. The van der Waals surface area contributed by atoms with Crippen molar-refractivity contribution >= 4 is 18.3 Å². The van der Waals surface area contributed by atoms with Crippen LogP contribution in [0.2, 0.25) is 0 Å². The molecule has 134 valence electrons. The second-order valence-electron chi connectivity index (χ2n) is 6.31. The summed E-state index contributed by atoms with van der Waals surface area (Å²) in [5.41, 5.74) is 8.89. The van der Waals surface area contributed by atoms with Gasteiger partial charge < -0.3 is 15.4 Å². The van der Waals surface area contributed by atoms with E-state index >= 15 is 0 Å². The third-order valence-corrected chi connectivity index (χ3v) is 4.81. The van der Waals surface area contributed by atoms with Crippen LogP contribution >= 0.6 is 12.4 Å². The van der Waals surface area contributed by atoms with E-state index in [1.54, 1.807) is 7.11 Å². The summed E-state index contributed by atoms with van der Waals surface area (Å²) < 4.78 is 5.22. The number of carbonyl (C=O) groups is 1. The number of carbonyl (C=O) groups excluding carboxylic acids is 1. The predicted molar refractivity (Wildman–Crippen MR) is 102 cm³/mol. The van der Waals surface area contributed by atoms with Crippen molar-refractivity contribution in [2.24, 2.45) is 11.7 Å². The molecule has 1 aliphatic rings. The van der Waals surface area contributed by atoms with Crippen LogP contribution in [0.15, 0.2) is 54.6 Å². The number of nitrogens with zero attached hydrogens (tertiary/aromatic N) is 1. The summed E-state index contributed by atoms with van der Waals surface area (Å²) in [5.74, 6) is 0.667. The van der Waals surface area contributed by atoms with Gasteiger partial charge in [0.15, 0.2) is 0 Å². The molecule has 4 nitrogen and oxygen atoms in total. The lowest BCUT2D eigenvalue weighted by Gasteiger charge is -2.18. The van der Waals surface area contributed by atoms with E-state index in [4.69, 9.17) is 10.5 Å². The fourth-order valence-electron chi connectivity index (χ4n) is 3.53. The van der Waals surface area contributed by atoms with Crippen LogP contribution < -0.4 is 5.73 Å². The molecule has 0 saturated carbocycles. The third-order valence-electron chi connectivity index (χ3n) is 4.81. The molecule has 2 aromatic carbocycles. The number of methoxy groups -OCH3 is 1. The zero-order valence-corrected chi connectivity index (χ0v) is 15.2. The van der Waals surface area contributed by atoms with Gasteiger partial charge in [-0.15, -0.1) is 12.4 Å². The van der Waals surface area contributed by atoms with Crippen molar-refractivity contribution < 1.29 is 9.53 Å². The molecule has 2 aromatic rings. The quantitative estimate of drug-likeness (QED) is 0.891. The largest absolute Gasteiger partial charge is 0.380 e. The van der Waals surface area contributed by atoms with E-state index in [9.17, 15) is 4.79 Å². The van der Waals surface area contributed by atoms with Crippen LogP contribution in [-0.4, -0.2) is 37.6 Å². The Bertz CT molecular complexity index is 693. The molecule has 2 atom stereocenters. The number of rotatable bonds is 5. The van der Waals surface area contributed by atoms with Gasteiger partial charge in [0.2, 0.25) is 0 Å². The molecule has 0 aromatic heterocycles. The maximum Gasteiger partial charge on any atom is 0.254 e. The highest BCUT2D eigenvalue weighted by molar-refractivity contribution is 5.96. The highest BCUT2D eigenvalue weighted by atomic mass is 35.5. The summed E-state index contributed by atoms with van der Waals surface area (Å²) >= 11 is 0. The molecule has 1 amide bonds. The van der Waals surface area contributed by atoms with Crippen LogP contribution in [0.5, 0.6) is 0 Å². The number of hydrogen-bond donors (Lipinski definition) is 1. The first kappa shape index (κ1) is 19.4. The Balaban J connectivity index is 0.00000225. The molecule has 5 heteroatoms. The number of nitrogens with two attached hydrogens (primary N) is 1. The fraction of sp³-hybridized carbons (Fsp3) is 0.350. The van der Waals surface area contributed by atoms with E-state index in [-0.39, 0.29) is 18.3 Å². The van der Waals surface area contributed by atoms with Gasteiger partial charge in [-0.1, -0.05) is 48.5 Å². The van der Waals surface area contributed by atoms with Gasteiger partial charge in [0.05, 0.1) is 6.61 Å². The van der Waals surface area contributed by atoms with E-state index in [0.29, 0.717) is 38.1 Å². The normalized spacial score (nSPS) is 19.5. The Morgan fingerprint density at radius 3 is 2.48 bits per heavy atom. The first-order valence-corrected chi connectivity index (χ1v) is 8.35. The number of halogens is 1. The molecule has 0 unspecified atom stereocenters. The number of benzene rings is 2. The topological polar surface area (TPSA) is 55.6 Å². The average Bonchev–Trinajstić information content (AvgIpc) is 3.07. The second kappa shape index (κ2) is 8.99. The molecule has 2 N–H and O–H groups in total. The molecule has 1 aliphatic heterocycles. The molecule has 0 radical (unpaired) electrons. The minimum Gasteiger partial charge on any atom is -0.380 e. The van der Waals surface area contributed by atoms with Crippen molar-refractivity contribution in [2.75, 3.05) is 26.7 Å². The second-order valence-corrected chi connectivity index (χ2v) is 6.31. The minimum atomic E-state index is 0. The smallest absolute Gasteiger partial charge is 0.254 e. The molecular formula is C20H25ClN2O2. The van der Waals surface area contributed by atoms with Crippen molar-refractivity contribution in [3.05, 3.63) is 71.3 Å². The van der Waals surface area contributed by atoms with Crippen molar-refractivity contribution in [3.8, 4) is 0 Å². The molecule has 1 fully saturated rings. The number of ether oxygens (including phenoxy) is 1. The van der Waals surface area contributed by atoms with E-state index in [1.807, 2.05) is 47.4 Å². The molecule has 25 heavy (non-hydrogen) atoms. The SMILES string of the molecule is COCc1ccccc1C(=O)N1C[C@@H](CN)[C@H](c2ccccc2)C1.Cl. The summed E-state index contributed by atoms with van der Waals surface area (Å²) in [5, 5.41) is 0. The monoisotopic (exact) mass is 360 g/mol. The third kappa shape index (κ3) is 4.21. The van der Waals surface area contributed by atoms with Gasteiger partial charge in [-0.3, -0.25) is 4.79 Å². The first-order chi connectivity index (χ1) is 11.7. The molecule has 1 heterocycles. The Morgan fingerprint density at radius 1 is 1.12 bits per heavy atom. The maximum absolute atomic E-state index is 13.0. The molecule has 0 bridgehead atoms. The highest BCUT2D eigenvalue weighted by Crippen LogP contribution is 2.33. The summed E-state index contributed by atoms with van der Waals surface area (Å²) in [7, 11) is 1.65. The Morgan fingerprint density at radius 2 is 1.80 bits per heavy atom. The van der Waals surface area contributed by atoms with Crippen molar-refractivity contribution in [1.29, 1.82) is 0 Å². The minimum absolute atomic E-state index is 0. The van der Waals surface area contributed by atoms with Gasteiger partial charge in [0.1, 0.15) is 0 Å². The number of amides is 1. The van der Waals surface area contributed by atoms with Crippen LogP contribution in [0.1, 0.15) is 27.4 Å². The first-order valence-electron chi connectivity index (χ1n) is 8.35. The Labute approximate surface area is 155 Å². The van der Waals surface area contributed by atoms with Gasteiger partial charge in [-0.05, 0) is 29.7 Å². The van der Waals surface area contributed by atoms with Crippen molar-refractivity contribution in [1.82, 2.24) is 4.90 Å². The van der Waals surface area contributed by atoms with Gasteiger partial charge in [-0.25, -0.2) is 0 Å². The van der Waals surface area contributed by atoms with Crippen LogP contribution in [0.3, 0.4) is 0 Å². The van der Waals surface area contributed by atoms with E-state index in [0.717, 1.165) is 11.1 Å². The van der Waals surface area contributed by atoms with E-state index in [1.165, 1.54) is 5.56 Å². The zero-order chi connectivity index (χ0) is 16.9. The van der Waals surface area contributed by atoms with Gasteiger partial charge in [-0.2, -0.15) is 0 Å². The van der Waals surface area contributed by atoms with E-state index < -0.39 is 0 Å². The summed E-state index contributed by atoms with van der Waals surface area (Å²) in [6, 6.07) is 18.0. The summed E-state index contributed by atoms with van der Waals surface area (Å²) in [6.45, 7) is 2.45. The lowest BCUT2D eigenvalue weighted by molar-refractivity contribution is 0.0781. The van der Waals surface area contributed by atoms with Gasteiger partial charge in [0, 0.05) is 31.7 Å². The molecule has 1 saturated heterocycles. The molecule has 0 aliphatic carbocycles. The molecular weight excluding hydrogens is 336 g/mol. The lowest BCUT2D eigenvalue weighted by Crippen LogP contribution is -2.30. The number of likely N-dealkylation sites (tertiary alicyclic amines) is 1. The standard InChI is InChI=1S/C20H24N2O2.ClH/c1-24-14-16-9-5-6-10-18(16)20(23)22-12-17(11-21)19(13-22)15-7-3-2-4-8-15;/h2-10,17,19H,11-14,21H2,1H3;1H/t17-,19+;/m1./s1. The Hall–Kier alpha value is -1.88. The van der Waals surface area contributed by atoms with E-state index in [2.05, 4.69) is 12.1 Å². The maximum atomic E-state index is 13.0. The van der Waals surface area contributed by atoms with Crippen LogP contribution in [0, 0.1) is 5.92 Å². The summed E-state index contributed by atoms with van der Waals surface area (Å²) in [6.07, 6.45) is 0. The average molecular weight is 361 g/mol. The van der Waals surface area contributed by atoms with Gasteiger partial charge >= 0.3 is 0 Å². The van der Waals surface area contributed by atoms with Crippen LogP contribution in [-0.2, 0) is 11.3 Å². The van der Waals surface area contributed by atoms with Crippen molar-refractivity contribution in [3.63, 3.8) is 0 Å². The lowest BCUT2D eigenvalue weighted by atomic mass is 9.89. The molecule has 0 spiro atoms. The number of hydrogen-bond acceptors (Lipinski definition) is 3. The van der Waals surface area contributed by atoms with Crippen molar-refractivity contribution in [2.45, 2.75) is 12.5 Å². The van der Waals surface area contributed by atoms with Gasteiger partial charge in [0.25, 0.3) is 5.91 Å². The fourth-order valence-corrected chi connectivity index (χ4v) is 3.53. The zero-order valence-electron chi connectivity index (χ0n) is 14.4. The molecule has 3 rings (SSSR count).